The summed E-state index contributed by atoms with van der Waals surface area (Å²) in [6.07, 6.45) is 7.82. The summed E-state index contributed by atoms with van der Waals surface area (Å²) in [7, 11) is 0. The molecule has 0 heterocycles. The Labute approximate surface area is 145 Å². The van der Waals surface area contributed by atoms with Crippen molar-refractivity contribution in [3.05, 3.63) is 71.8 Å². The number of allylic oxidation sites excluding steroid dienone is 2. The Bertz CT molecular complexity index is 733. The number of benzene rings is 1. The van der Waals surface area contributed by atoms with Crippen molar-refractivity contribution in [2.75, 3.05) is 0 Å². The maximum absolute atomic E-state index is 13.0. The standard InChI is InChI=1S/C19H18ClNO3/c1-3-16(22)19(21-17(23)4-2)12-6-5-7-15(19)18(24)13-8-10-14(20)11-9-13/h3,5-12,15H,1,4H2,2H3,(H,21,23). The molecule has 5 heteroatoms. The number of halogens is 1. The zero-order chi connectivity index (χ0) is 17.7. The van der Waals surface area contributed by atoms with Crippen molar-refractivity contribution in [2.24, 2.45) is 5.92 Å². The molecule has 0 aromatic heterocycles. The third-order valence-corrected chi connectivity index (χ3v) is 4.19. The lowest BCUT2D eigenvalue weighted by molar-refractivity contribution is -0.128. The topological polar surface area (TPSA) is 63.2 Å². The molecule has 0 fully saturated rings. The summed E-state index contributed by atoms with van der Waals surface area (Å²) >= 11 is 5.86. The van der Waals surface area contributed by atoms with Crippen LogP contribution in [0.2, 0.25) is 5.02 Å². The molecule has 0 aliphatic heterocycles. The van der Waals surface area contributed by atoms with Crippen molar-refractivity contribution in [1.82, 2.24) is 5.32 Å². The number of hydrogen-bond donors (Lipinski definition) is 1. The summed E-state index contributed by atoms with van der Waals surface area (Å²) in [6.45, 7) is 5.18. The van der Waals surface area contributed by atoms with E-state index in [0.717, 1.165) is 6.08 Å². The van der Waals surface area contributed by atoms with Crippen LogP contribution in [-0.2, 0) is 9.59 Å². The molecule has 124 valence electrons. The average molecular weight is 344 g/mol. The van der Waals surface area contributed by atoms with Crippen LogP contribution in [0.3, 0.4) is 0 Å². The normalized spacial score (nSPS) is 22.0. The molecule has 1 aromatic rings. The Balaban J connectivity index is 2.48. The van der Waals surface area contributed by atoms with Gasteiger partial charge in [-0.05, 0) is 30.3 Å². The van der Waals surface area contributed by atoms with E-state index < -0.39 is 17.2 Å². The van der Waals surface area contributed by atoms with Gasteiger partial charge < -0.3 is 5.32 Å². The molecule has 2 atom stereocenters. The zero-order valence-corrected chi connectivity index (χ0v) is 14.0. The van der Waals surface area contributed by atoms with Gasteiger partial charge in [0.1, 0.15) is 5.54 Å². The predicted molar refractivity (Wildman–Crippen MR) is 93.9 cm³/mol. The van der Waals surface area contributed by atoms with Gasteiger partial charge in [0, 0.05) is 17.0 Å². The van der Waals surface area contributed by atoms with Crippen LogP contribution in [-0.4, -0.2) is 23.0 Å². The average Bonchev–Trinajstić information content (AvgIpc) is 2.61. The molecule has 1 N–H and O–H groups in total. The van der Waals surface area contributed by atoms with Gasteiger partial charge in [-0.2, -0.15) is 0 Å². The van der Waals surface area contributed by atoms with E-state index in [-0.39, 0.29) is 18.1 Å². The van der Waals surface area contributed by atoms with Gasteiger partial charge in [-0.15, -0.1) is 0 Å². The van der Waals surface area contributed by atoms with Crippen LogP contribution in [0.1, 0.15) is 23.7 Å². The number of carbonyl (C=O) groups excluding carboxylic acids is 3. The van der Waals surface area contributed by atoms with Gasteiger partial charge in [0.2, 0.25) is 5.91 Å². The largest absolute Gasteiger partial charge is 0.339 e. The van der Waals surface area contributed by atoms with Crippen LogP contribution in [0.25, 0.3) is 0 Å². The Morgan fingerprint density at radius 1 is 1.25 bits per heavy atom. The SMILES string of the molecule is C=CC(=O)C1(NC(=O)CC)C=CC=CC1C(=O)c1ccc(Cl)cc1. The highest BCUT2D eigenvalue weighted by Gasteiger charge is 2.46. The molecule has 2 rings (SSSR count). The Kier molecular flexibility index (Phi) is 5.52. The van der Waals surface area contributed by atoms with Crippen LogP contribution in [0.15, 0.2) is 61.2 Å². The third kappa shape index (κ3) is 3.39. The first-order chi connectivity index (χ1) is 11.4. The number of Topliss-reactive ketones (excluding diaryl/α,β-unsaturated/α-hetero) is 1. The van der Waals surface area contributed by atoms with Crippen molar-refractivity contribution in [1.29, 1.82) is 0 Å². The minimum absolute atomic E-state index is 0.200. The van der Waals surface area contributed by atoms with Gasteiger partial charge in [-0.3, -0.25) is 14.4 Å². The van der Waals surface area contributed by atoms with Crippen LogP contribution in [0.4, 0.5) is 0 Å². The van der Waals surface area contributed by atoms with Crippen LogP contribution >= 0.6 is 11.6 Å². The highest BCUT2D eigenvalue weighted by Crippen LogP contribution is 2.30. The second-order valence-electron chi connectivity index (χ2n) is 5.43. The fourth-order valence-corrected chi connectivity index (χ4v) is 2.76. The zero-order valence-electron chi connectivity index (χ0n) is 13.3. The third-order valence-electron chi connectivity index (χ3n) is 3.94. The molecule has 1 aromatic carbocycles. The van der Waals surface area contributed by atoms with E-state index in [9.17, 15) is 14.4 Å². The molecule has 0 spiro atoms. The van der Waals surface area contributed by atoms with Gasteiger partial charge >= 0.3 is 0 Å². The first-order valence-electron chi connectivity index (χ1n) is 7.58. The molecule has 1 aliphatic carbocycles. The van der Waals surface area contributed by atoms with E-state index in [1.807, 2.05) is 0 Å². The lowest BCUT2D eigenvalue weighted by Gasteiger charge is -2.36. The number of amides is 1. The van der Waals surface area contributed by atoms with E-state index >= 15 is 0 Å². The predicted octanol–water partition coefficient (Wildman–Crippen LogP) is 3.29. The monoisotopic (exact) mass is 343 g/mol. The van der Waals surface area contributed by atoms with Gasteiger partial charge in [-0.25, -0.2) is 0 Å². The number of hydrogen-bond acceptors (Lipinski definition) is 3. The molecule has 1 aliphatic rings. The number of rotatable bonds is 6. The molecular weight excluding hydrogens is 326 g/mol. The quantitative estimate of drug-likeness (QED) is 0.637. The number of carbonyl (C=O) groups is 3. The van der Waals surface area contributed by atoms with E-state index in [2.05, 4.69) is 11.9 Å². The van der Waals surface area contributed by atoms with Crippen molar-refractivity contribution in [3.63, 3.8) is 0 Å². The van der Waals surface area contributed by atoms with Crippen LogP contribution in [0.5, 0.6) is 0 Å². The van der Waals surface area contributed by atoms with E-state index in [1.165, 1.54) is 0 Å². The molecule has 24 heavy (non-hydrogen) atoms. The Morgan fingerprint density at radius 2 is 1.92 bits per heavy atom. The molecule has 0 radical (unpaired) electrons. The maximum Gasteiger partial charge on any atom is 0.220 e. The fraction of sp³-hybridized carbons (Fsp3) is 0.211. The molecule has 1 amide bonds. The van der Waals surface area contributed by atoms with Crippen LogP contribution < -0.4 is 5.32 Å². The summed E-state index contributed by atoms with van der Waals surface area (Å²) in [5.74, 6) is -1.89. The first-order valence-corrected chi connectivity index (χ1v) is 7.96. The smallest absolute Gasteiger partial charge is 0.220 e. The first kappa shape index (κ1) is 17.9. The summed E-state index contributed by atoms with van der Waals surface area (Å²) in [5, 5.41) is 3.21. The summed E-state index contributed by atoms with van der Waals surface area (Å²) < 4.78 is 0. The molecule has 2 unspecified atom stereocenters. The maximum atomic E-state index is 13.0. The molecule has 0 saturated carbocycles. The lowest BCUT2D eigenvalue weighted by Crippen LogP contribution is -2.59. The van der Waals surface area contributed by atoms with Crippen molar-refractivity contribution < 1.29 is 14.4 Å². The van der Waals surface area contributed by atoms with Gasteiger partial charge in [0.15, 0.2) is 11.6 Å². The Hall–Kier alpha value is -2.46. The molecule has 0 saturated heterocycles. The van der Waals surface area contributed by atoms with Crippen molar-refractivity contribution in [3.8, 4) is 0 Å². The van der Waals surface area contributed by atoms with Gasteiger partial charge in [0.25, 0.3) is 0 Å². The van der Waals surface area contributed by atoms with E-state index in [4.69, 9.17) is 11.6 Å². The fourth-order valence-electron chi connectivity index (χ4n) is 2.63. The minimum Gasteiger partial charge on any atom is -0.339 e. The van der Waals surface area contributed by atoms with E-state index in [1.54, 1.807) is 55.5 Å². The van der Waals surface area contributed by atoms with Crippen molar-refractivity contribution >= 4 is 29.1 Å². The van der Waals surface area contributed by atoms with Gasteiger partial charge in [0.05, 0.1) is 5.92 Å². The number of ketones is 2. The molecule has 4 nitrogen and oxygen atoms in total. The molecular formula is C19H18ClNO3. The highest BCUT2D eigenvalue weighted by molar-refractivity contribution is 6.30. The van der Waals surface area contributed by atoms with E-state index in [0.29, 0.717) is 10.6 Å². The minimum atomic E-state index is -1.46. The van der Waals surface area contributed by atoms with Crippen molar-refractivity contribution in [2.45, 2.75) is 18.9 Å². The summed E-state index contributed by atoms with van der Waals surface area (Å²) in [4.78, 5) is 37.5. The summed E-state index contributed by atoms with van der Waals surface area (Å²) in [6, 6.07) is 6.42. The Morgan fingerprint density at radius 3 is 2.50 bits per heavy atom. The number of nitrogens with one attached hydrogen (secondary N) is 1. The second-order valence-corrected chi connectivity index (χ2v) is 5.87. The summed E-state index contributed by atoms with van der Waals surface area (Å²) in [5.41, 5.74) is -1.04. The second kappa shape index (κ2) is 7.41. The molecule has 0 bridgehead atoms. The highest BCUT2D eigenvalue weighted by atomic mass is 35.5. The van der Waals surface area contributed by atoms with Gasteiger partial charge in [-0.1, -0.05) is 49.4 Å². The lowest BCUT2D eigenvalue weighted by atomic mass is 9.73. The van der Waals surface area contributed by atoms with Crippen LogP contribution in [0, 0.1) is 5.92 Å².